The molecule has 0 bridgehead atoms. The average molecular weight is 112 g/mol. The van der Waals surface area contributed by atoms with E-state index < -0.39 is 0 Å². The zero-order valence-electron chi connectivity index (χ0n) is 5.31. The minimum absolute atomic E-state index is 0.587. The monoisotopic (exact) mass is 112 g/mol. The maximum atomic E-state index is 5.20. The maximum Gasteiger partial charge on any atom is 0.0916 e. The summed E-state index contributed by atoms with van der Waals surface area (Å²) in [6.45, 7) is 6.81. The van der Waals surface area contributed by atoms with Gasteiger partial charge in [0.25, 0.3) is 0 Å². The van der Waals surface area contributed by atoms with Gasteiger partial charge in [0.1, 0.15) is 0 Å². The fourth-order valence-electron chi connectivity index (χ4n) is 0.896. The van der Waals surface area contributed by atoms with E-state index in [0.29, 0.717) is 5.92 Å². The molecule has 0 saturated carbocycles. The van der Waals surface area contributed by atoms with Crippen molar-refractivity contribution in [2.45, 2.75) is 19.8 Å². The maximum absolute atomic E-state index is 5.20. The summed E-state index contributed by atoms with van der Waals surface area (Å²) in [6, 6.07) is 0. The summed E-state index contributed by atoms with van der Waals surface area (Å²) in [7, 11) is 0. The zero-order chi connectivity index (χ0) is 5.98. The highest BCUT2D eigenvalue weighted by molar-refractivity contribution is 4.90. The van der Waals surface area contributed by atoms with Crippen LogP contribution in [0.3, 0.4) is 0 Å². The van der Waals surface area contributed by atoms with Gasteiger partial charge in [-0.1, -0.05) is 13.5 Å². The van der Waals surface area contributed by atoms with Gasteiger partial charge < -0.3 is 4.74 Å². The fourth-order valence-corrected chi connectivity index (χ4v) is 0.896. The molecule has 1 aliphatic rings. The van der Waals surface area contributed by atoms with Crippen molar-refractivity contribution in [3.63, 3.8) is 0 Å². The lowest BCUT2D eigenvalue weighted by atomic mass is 10.0. The SMILES string of the molecule is C=C1OCCC[C@H]1C. The lowest BCUT2D eigenvalue weighted by molar-refractivity contribution is 0.136. The largest absolute Gasteiger partial charge is 0.498 e. The first kappa shape index (κ1) is 5.67. The first-order chi connectivity index (χ1) is 3.80. The molecule has 1 aliphatic heterocycles. The molecule has 0 spiro atoms. The third-order valence-electron chi connectivity index (χ3n) is 1.62. The third-order valence-corrected chi connectivity index (χ3v) is 1.62. The molecular formula is C7H12O. The van der Waals surface area contributed by atoms with Crippen molar-refractivity contribution in [1.29, 1.82) is 0 Å². The normalized spacial score (nSPS) is 29.6. The van der Waals surface area contributed by atoms with E-state index in [0.717, 1.165) is 12.4 Å². The van der Waals surface area contributed by atoms with Crippen molar-refractivity contribution in [1.82, 2.24) is 0 Å². The highest BCUT2D eigenvalue weighted by Crippen LogP contribution is 2.20. The predicted octanol–water partition coefficient (Wildman–Crippen LogP) is 1.95. The number of ether oxygens (including phenoxy) is 1. The van der Waals surface area contributed by atoms with E-state index >= 15 is 0 Å². The van der Waals surface area contributed by atoms with Crippen LogP contribution in [-0.2, 0) is 4.74 Å². The van der Waals surface area contributed by atoms with E-state index in [9.17, 15) is 0 Å². The summed E-state index contributed by atoms with van der Waals surface area (Å²) in [5.74, 6) is 1.56. The van der Waals surface area contributed by atoms with E-state index in [1.165, 1.54) is 12.8 Å². The summed E-state index contributed by atoms with van der Waals surface area (Å²) in [4.78, 5) is 0. The first-order valence-electron chi connectivity index (χ1n) is 3.12. The fraction of sp³-hybridized carbons (Fsp3) is 0.714. The van der Waals surface area contributed by atoms with Crippen LogP contribution in [0.5, 0.6) is 0 Å². The minimum Gasteiger partial charge on any atom is -0.498 e. The van der Waals surface area contributed by atoms with Gasteiger partial charge in [-0.3, -0.25) is 0 Å². The van der Waals surface area contributed by atoms with E-state index in [4.69, 9.17) is 4.74 Å². The Labute approximate surface area is 50.3 Å². The second kappa shape index (κ2) is 2.21. The Kier molecular flexibility index (Phi) is 1.56. The Morgan fingerprint density at radius 2 is 2.50 bits per heavy atom. The van der Waals surface area contributed by atoms with Crippen LogP contribution in [0.4, 0.5) is 0 Å². The van der Waals surface area contributed by atoms with E-state index in [2.05, 4.69) is 13.5 Å². The molecular weight excluding hydrogens is 100 g/mol. The van der Waals surface area contributed by atoms with Crippen molar-refractivity contribution < 1.29 is 4.74 Å². The Bertz CT molecular complexity index is 96.6. The van der Waals surface area contributed by atoms with Crippen LogP contribution in [0, 0.1) is 5.92 Å². The molecule has 1 heterocycles. The molecule has 1 atom stereocenters. The van der Waals surface area contributed by atoms with E-state index in [-0.39, 0.29) is 0 Å². The molecule has 1 saturated heterocycles. The molecule has 0 amide bonds. The molecule has 1 fully saturated rings. The molecule has 0 aliphatic carbocycles. The van der Waals surface area contributed by atoms with Crippen molar-refractivity contribution in [2.24, 2.45) is 5.92 Å². The van der Waals surface area contributed by atoms with Gasteiger partial charge in [-0.25, -0.2) is 0 Å². The van der Waals surface area contributed by atoms with Crippen LogP contribution >= 0.6 is 0 Å². The smallest absolute Gasteiger partial charge is 0.0916 e. The third kappa shape index (κ3) is 1.03. The van der Waals surface area contributed by atoms with Crippen molar-refractivity contribution in [3.8, 4) is 0 Å². The van der Waals surface area contributed by atoms with Crippen LogP contribution in [0.15, 0.2) is 12.3 Å². The van der Waals surface area contributed by atoms with Crippen molar-refractivity contribution in [3.05, 3.63) is 12.3 Å². The van der Waals surface area contributed by atoms with Gasteiger partial charge in [0.05, 0.1) is 12.4 Å². The first-order valence-corrected chi connectivity index (χ1v) is 3.12. The van der Waals surface area contributed by atoms with Crippen molar-refractivity contribution >= 4 is 0 Å². The number of allylic oxidation sites excluding steroid dienone is 1. The lowest BCUT2D eigenvalue weighted by Crippen LogP contribution is -2.10. The van der Waals surface area contributed by atoms with Gasteiger partial charge >= 0.3 is 0 Å². The molecule has 0 aromatic heterocycles. The highest BCUT2D eigenvalue weighted by Gasteiger charge is 2.11. The molecule has 0 unspecified atom stereocenters. The van der Waals surface area contributed by atoms with Gasteiger partial charge in [0, 0.05) is 5.92 Å². The lowest BCUT2D eigenvalue weighted by Gasteiger charge is -2.20. The molecule has 8 heavy (non-hydrogen) atoms. The van der Waals surface area contributed by atoms with Gasteiger partial charge in [0.2, 0.25) is 0 Å². The van der Waals surface area contributed by atoms with Crippen LogP contribution in [0.1, 0.15) is 19.8 Å². The quantitative estimate of drug-likeness (QED) is 0.465. The summed E-state index contributed by atoms with van der Waals surface area (Å²) in [6.07, 6.45) is 2.44. The van der Waals surface area contributed by atoms with Crippen molar-refractivity contribution in [2.75, 3.05) is 6.61 Å². The van der Waals surface area contributed by atoms with E-state index in [1.54, 1.807) is 0 Å². The highest BCUT2D eigenvalue weighted by atomic mass is 16.5. The van der Waals surface area contributed by atoms with Gasteiger partial charge in [0.15, 0.2) is 0 Å². The van der Waals surface area contributed by atoms with Crippen LogP contribution in [-0.4, -0.2) is 6.61 Å². The summed E-state index contributed by atoms with van der Waals surface area (Å²) >= 11 is 0. The number of rotatable bonds is 0. The van der Waals surface area contributed by atoms with Gasteiger partial charge in [-0.05, 0) is 12.8 Å². The molecule has 1 heteroatoms. The predicted molar refractivity (Wildman–Crippen MR) is 33.5 cm³/mol. The number of hydrogen-bond donors (Lipinski definition) is 0. The number of hydrogen-bond acceptors (Lipinski definition) is 1. The molecule has 1 rings (SSSR count). The average Bonchev–Trinajstić information content (AvgIpc) is 1.77. The standard InChI is InChI=1S/C7H12O/c1-6-4-3-5-8-7(6)2/h6H,2-5H2,1H3/t6-/m1/s1. The molecule has 1 nitrogen and oxygen atoms in total. The Morgan fingerprint density at radius 1 is 1.75 bits per heavy atom. The zero-order valence-corrected chi connectivity index (χ0v) is 5.31. The molecule has 0 aromatic carbocycles. The molecule has 0 N–H and O–H groups in total. The summed E-state index contributed by atoms with van der Waals surface area (Å²) in [5.41, 5.74) is 0. The summed E-state index contributed by atoms with van der Waals surface area (Å²) < 4.78 is 5.20. The topological polar surface area (TPSA) is 9.23 Å². The molecule has 0 aromatic rings. The molecule has 0 radical (unpaired) electrons. The molecule has 46 valence electrons. The Hall–Kier alpha value is -0.460. The Balaban J connectivity index is 2.39. The van der Waals surface area contributed by atoms with Crippen LogP contribution in [0.2, 0.25) is 0 Å². The van der Waals surface area contributed by atoms with Crippen LogP contribution in [0.25, 0.3) is 0 Å². The Morgan fingerprint density at radius 3 is 2.88 bits per heavy atom. The minimum atomic E-state index is 0.587. The summed E-state index contributed by atoms with van der Waals surface area (Å²) in [5, 5.41) is 0. The van der Waals surface area contributed by atoms with Gasteiger partial charge in [-0.2, -0.15) is 0 Å². The van der Waals surface area contributed by atoms with E-state index in [1.807, 2.05) is 0 Å². The van der Waals surface area contributed by atoms with Gasteiger partial charge in [-0.15, -0.1) is 0 Å². The second-order valence-corrected chi connectivity index (χ2v) is 2.36. The second-order valence-electron chi connectivity index (χ2n) is 2.36. The van der Waals surface area contributed by atoms with Crippen LogP contribution < -0.4 is 0 Å².